The smallest absolute Gasteiger partial charge is 0.243 e. The fourth-order valence-electron chi connectivity index (χ4n) is 3.10. The molecule has 112 valence electrons. The molecule has 2 fully saturated rings. The second kappa shape index (κ2) is 5.97. The van der Waals surface area contributed by atoms with Crippen LogP contribution in [0.25, 0.3) is 0 Å². The average molecular weight is 321 g/mol. The van der Waals surface area contributed by atoms with Gasteiger partial charge in [-0.1, -0.05) is 12.1 Å². The average Bonchev–Trinajstić information content (AvgIpc) is 2.68. The summed E-state index contributed by atoms with van der Waals surface area (Å²) in [5.41, 5.74) is 0. The Morgan fingerprint density at radius 2 is 1.75 bits per heavy atom. The van der Waals surface area contributed by atoms with Gasteiger partial charge in [0.2, 0.25) is 10.0 Å². The van der Waals surface area contributed by atoms with E-state index in [2.05, 4.69) is 10.0 Å². The van der Waals surface area contributed by atoms with E-state index in [-0.39, 0.29) is 23.3 Å². The van der Waals surface area contributed by atoms with E-state index in [1.54, 1.807) is 0 Å². The van der Waals surface area contributed by atoms with Gasteiger partial charge >= 0.3 is 0 Å². The van der Waals surface area contributed by atoms with Crippen molar-refractivity contribution in [3.8, 4) is 0 Å². The van der Waals surface area contributed by atoms with E-state index >= 15 is 0 Å². The van der Waals surface area contributed by atoms with Crippen LogP contribution in [0.1, 0.15) is 25.7 Å². The van der Waals surface area contributed by atoms with Crippen molar-refractivity contribution >= 4 is 22.4 Å². The molecule has 7 heteroatoms. The molecular weight excluding hydrogens is 303 g/mol. The number of piperidine rings is 1. The summed E-state index contributed by atoms with van der Waals surface area (Å²) in [6.45, 7) is 0. The second-order valence-corrected chi connectivity index (χ2v) is 7.04. The molecule has 2 saturated heterocycles. The van der Waals surface area contributed by atoms with E-state index in [4.69, 9.17) is 0 Å². The van der Waals surface area contributed by atoms with Crippen LogP contribution in [-0.2, 0) is 10.0 Å². The molecule has 2 aliphatic heterocycles. The van der Waals surface area contributed by atoms with Crippen LogP contribution in [0.2, 0.25) is 0 Å². The van der Waals surface area contributed by atoms with E-state index in [0.29, 0.717) is 12.1 Å². The molecule has 2 unspecified atom stereocenters. The third-order valence-corrected chi connectivity index (χ3v) is 5.47. The van der Waals surface area contributed by atoms with Crippen LogP contribution in [0.5, 0.6) is 0 Å². The lowest BCUT2D eigenvalue weighted by molar-refractivity contribution is 0.345. The molecule has 0 spiro atoms. The normalized spacial score (nSPS) is 28.9. The quantitative estimate of drug-likeness (QED) is 0.893. The van der Waals surface area contributed by atoms with Crippen molar-refractivity contribution < 1.29 is 12.8 Å². The minimum atomic E-state index is -3.76. The molecule has 2 bridgehead atoms. The van der Waals surface area contributed by atoms with Crippen LogP contribution >= 0.6 is 12.4 Å². The van der Waals surface area contributed by atoms with Gasteiger partial charge in [-0.2, -0.15) is 0 Å². The largest absolute Gasteiger partial charge is 0.311 e. The van der Waals surface area contributed by atoms with Crippen molar-refractivity contribution in [1.82, 2.24) is 10.0 Å². The predicted molar refractivity (Wildman–Crippen MR) is 76.9 cm³/mol. The van der Waals surface area contributed by atoms with Gasteiger partial charge in [-0.3, -0.25) is 0 Å². The molecule has 2 heterocycles. The fourth-order valence-corrected chi connectivity index (χ4v) is 4.44. The highest BCUT2D eigenvalue weighted by Crippen LogP contribution is 2.27. The molecule has 2 atom stereocenters. The Hall–Kier alpha value is -0.690. The van der Waals surface area contributed by atoms with Crippen molar-refractivity contribution in [3.05, 3.63) is 30.1 Å². The maximum atomic E-state index is 13.6. The molecule has 0 aromatic heterocycles. The van der Waals surface area contributed by atoms with Crippen molar-refractivity contribution in [2.45, 2.75) is 48.7 Å². The third-order valence-electron chi connectivity index (χ3n) is 3.92. The van der Waals surface area contributed by atoms with Gasteiger partial charge in [0.25, 0.3) is 0 Å². The predicted octanol–water partition coefficient (Wildman–Crippen LogP) is 1.81. The molecule has 4 nitrogen and oxygen atoms in total. The van der Waals surface area contributed by atoms with Crippen molar-refractivity contribution in [3.63, 3.8) is 0 Å². The topological polar surface area (TPSA) is 58.2 Å². The lowest BCUT2D eigenvalue weighted by Gasteiger charge is -2.29. The number of sulfonamides is 1. The second-order valence-electron chi connectivity index (χ2n) is 5.36. The number of fused-ring (bicyclic) bond motifs is 2. The summed E-state index contributed by atoms with van der Waals surface area (Å²) in [5.74, 6) is -0.702. The Kier molecular flexibility index (Phi) is 4.69. The summed E-state index contributed by atoms with van der Waals surface area (Å²) in [7, 11) is -3.76. The van der Waals surface area contributed by atoms with Gasteiger partial charge in [0.1, 0.15) is 10.7 Å². The Morgan fingerprint density at radius 1 is 1.15 bits per heavy atom. The summed E-state index contributed by atoms with van der Waals surface area (Å²) >= 11 is 0. The molecule has 2 aliphatic rings. The Labute approximate surface area is 124 Å². The summed E-state index contributed by atoms with van der Waals surface area (Å²) in [6.07, 6.45) is 3.76. The summed E-state index contributed by atoms with van der Waals surface area (Å²) in [4.78, 5) is -0.263. The van der Waals surface area contributed by atoms with Crippen LogP contribution in [0.4, 0.5) is 4.39 Å². The highest BCUT2D eigenvalue weighted by molar-refractivity contribution is 7.89. The van der Waals surface area contributed by atoms with Crippen LogP contribution in [-0.4, -0.2) is 26.5 Å². The van der Waals surface area contributed by atoms with Gasteiger partial charge in [0.05, 0.1) is 0 Å². The highest BCUT2D eigenvalue weighted by Gasteiger charge is 2.35. The zero-order valence-electron chi connectivity index (χ0n) is 10.9. The Morgan fingerprint density at radius 3 is 2.35 bits per heavy atom. The highest BCUT2D eigenvalue weighted by atomic mass is 35.5. The number of nitrogens with one attached hydrogen (secondary N) is 2. The number of halogens is 2. The number of benzene rings is 1. The molecule has 0 saturated carbocycles. The first-order chi connectivity index (χ1) is 9.04. The maximum absolute atomic E-state index is 13.6. The molecule has 3 rings (SSSR count). The molecule has 1 aromatic rings. The van der Waals surface area contributed by atoms with E-state index < -0.39 is 15.8 Å². The van der Waals surface area contributed by atoms with Crippen molar-refractivity contribution in [1.29, 1.82) is 0 Å². The SMILES string of the molecule is Cl.O=S(=O)(NC1CC2CCC(C1)N2)c1ccccc1F. The van der Waals surface area contributed by atoms with E-state index in [9.17, 15) is 12.8 Å². The zero-order valence-corrected chi connectivity index (χ0v) is 12.5. The minimum absolute atomic E-state index is 0. The molecule has 0 aliphatic carbocycles. The molecule has 20 heavy (non-hydrogen) atoms. The molecule has 1 aromatic carbocycles. The molecule has 0 radical (unpaired) electrons. The van der Waals surface area contributed by atoms with Gasteiger partial charge in [-0.15, -0.1) is 12.4 Å². The third kappa shape index (κ3) is 3.14. The first-order valence-electron chi connectivity index (χ1n) is 6.57. The molecular formula is C13H18ClFN2O2S. The first-order valence-corrected chi connectivity index (χ1v) is 8.06. The number of hydrogen-bond acceptors (Lipinski definition) is 3. The summed E-state index contributed by atoms with van der Waals surface area (Å²) in [5, 5.41) is 3.45. The van der Waals surface area contributed by atoms with Crippen molar-refractivity contribution in [2.24, 2.45) is 0 Å². The van der Waals surface area contributed by atoms with Crippen LogP contribution < -0.4 is 10.0 Å². The van der Waals surface area contributed by atoms with Gasteiger partial charge in [-0.05, 0) is 37.8 Å². The summed E-state index contributed by atoms with van der Waals surface area (Å²) < 4.78 is 40.6. The monoisotopic (exact) mass is 320 g/mol. The summed E-state index contributed by atoms with van der Waals surface area (Å²) in [6, 6.07) is 6.18. The fraction of sp³-hybridized carbons (Fsp3) is 0.538. The van der Waals surface area contributed by atoms with Crippen LogP contribution in [0.15, 0.2) is 29.2 Å². The molecule has 0 amide bonds. The van der Waals surface area contributed by atoms with Crippen LogP contribution in [0, 0.1) is 5.82 Å². The maximum Gasteiger partial charge on any atom is 0.243 e. The minimum Gasteiger partial charge on any atom is -0.311 e. The Balaban J connectivity index is 0.00000147. The van der Waals surface area contributed by atoms with Gasteiger partial charge in [-0.25, -0.2) is 17.5 Å². The lowest BCUT2D eigenvalue weighted by Crippen LogP contribution is -2.48. The first kappa shape index (κ1) is 15.7. The van der Waals surface area contributed by atoms with Gasteiger partial charge in [0.15, 0.2) is 0 Å². The standard InChI is InChI=1S/C13H17FN2O2S.ClH/c14-12-3-1-2-4-13(12)19(17,18)16-11-7-9-5-6-10(8-11)15-9;/h1-4,9-11,15-16H,5-8H2;1H. The van der Waals surface area contributed by atoms with Gasteiger partial charge < -0.3 is 5.32 Å². The van der Waals surface area contributed by atoms with Crippen LogP contribution in [0.3, 0.4) is 0 Å². The van der Waals surface area contributed by atoms with E-state index in [1.165, 1.54) is 24.3 Å². The Bertz CT molecular complexity index is 569. The van der Waals surface area contributed by atoms with Gasteiger partial charge in [0, 0.05) is 18.1 Å². The lowest BCUT2D eigenvalue weighted by atomic mass is 10.0. The zero-order chi connectivity index (χ0) is 13.5. The van der Waals surface area contributed by atoms with Crippen molar-refractivity contribution in [2.75, 3.05) is 0 Å². The molecule has 2 N–H and O–H groups in total. The number of rotatable bonds is 3. The van der Waals surface area contributed by atoms with E-state index in [1.807, 2.05) is 0 Å². The number of hydrogen-bond donors (Lipinski definition) is 2. The van der Waals surface area contributed by atoms with E-state index in [0.717, 1.165) is 25.7 Å².